The van der Waals surface area contributed by atoms with Crippen molar-refractivity contribution in [3.05, 3.63) is 0 Å². The Morgan fingerprint density at radius 1 is 0.842 bits per heavy atom. The maximum atomic E-state index is 12.2. The normalized spacial score (nSPS) is 29.5. The third-order valence-electron chi connectivity index (χ3n) is 4.60. The molecule has 108 valence electrons. The zero-order valence-corrected chi connectivity index (χ0v) is 11.6. The van der Waals surface area contributed by atoms with E-state index in [1.165, 1.54) is 19.3 Å². The standard InChI is InChI=1S/C15H25NO3/c17-14(11-6-4-2-1-3-5-7-11)16-13-9-8-12(10-13)15(18)19/h11-13H,1-10H2,(H,16,17)(H,18,19)/t12-,13+/m1/s1. The summed E-state index contributed by atoms with van der Waals surface area (Å²) in [5.41, 5.74) is 0. The lowest BCUT2D eigenvalue weighted by molar-refractivity contribution is -0.141. The zero-order valence-electron chi connectivity index (χ0n) is 11.6. The number of carboxylic acid groups (broad SMARTS) is 1. The molecule has 4 heteroatoms. The number of rotatable bonds is 3. The van der Waals surface area contributed by atoms with Crippen molar-refractivity contribution in [3.8, 4) is 0 Å². The largest absolute Gasteiger partial charge is 0.481 e. The number of nitrogens with one attached hydrogen (secondary N) is 1. The third-order valence-corrected chi connectivity index (χ3v) is 4.60. The highest BCUT2D eigenvalue weighted by Gasteiger charge is 2.31. The first-order valence-corrected chi connectivity index (χ1v) is 7.70. The minimum absolute atomic E-state index is 0.0824. The second-order valence-corrected chi connectivity index (χ2v) is 6.10. The van der Waals surface area contributed by atoms with Crippen LogP contribution in [0.4, 0.5) is 0 Å². The molecule has 0 aromatic heterocycles. The summed E-state index contributed by atoms with van der Waals surface area (Å²) in [4.78, 5) is 23.1. The smallest absolute Gasteiger partial charge is 0.306 e. The minimum Gasteiger partial charge on any atom is -0.481 e. The van der Waals surface area contributed by atoms with Crippen LogP contribution in [0.2, 0.25) is 0 Å². The molecule has 2 saturated carbocycles. The summed E-state index contributed by atoms with van der Waals surface area (Å²) < 4.78 is 0. The van der Waals surface area contributed by atoms with E-state index in [9.17, 15) is 9.59 Å². The molecule has 0 heterocycles. The van der Waals surface area contributed by atoms with E-state index in [0.29, 0.717) is 12.8 Å². The molecule has 0 radical (unpaired) electrons. The molecule has 1 amide bonds. The second kappa shape index (κ2) is 6.92. The molecule has 0 spiro atoms. The zero-order chi connectivity index (χ0) is 13.7. The highest BCUT2D eigenvalue weighted by atomic mass is 16.4. The number of aliphatic carboxylic acids is 1. The first-order valence-electron chi connectivity index (χ1n) is 7.70. The van der Waals surface area contributed by atoms with Crippen molar-refractivity contribution >= 4 is 11.9 Å². The van der Waals surface area contributed by atoms with Gasteiger partial charge in [0.15, 0.2) is 0 Å². The van der Waals surface area contributed by atoms with E-state index in [1.807, 2.05) is 0 Å². The van der Waals surface area contributed by atoms with E-state index in [0.717, 1.165) is 32.1 Å². The Hall–Kier alpha value is -1.06. The number of amides is 1. The quantitative estimate of drug-likeness (QED) is 0.826. The van der Waals surface area contributed by atoms with Gasteiger partial charge in [0.1, 0.15) is 0 Å². The van der Waals surface area contributed by atoms with Crippen LogP contribution in [0.1, 0.15) is 64.2 Å². The van der Waals surface area contributed by atoms with Gasteiger partial charge in [-0.25, -0.2) is 0 Å². The Bertz CT molecular complexity index is 321. The van der Waals surface area contributed by atoms with Gasteiger partial charge < -0.3 is 10.4 Å². The third kappa shape index (κ3) is 4.22. The molecule has 19 heavy (non-hydrogen) atoms. The summed E-state index contributed by atoms with van der Waals surface area (Å²) in [5, 5.41) is 12.0. The SMILES string of the molecule is O=C(N[C@H]1CC[C@@H](C(=O)O)C1)C1CCCCCCC1. The van der Waals surface area contributed by atoms with Crippen molar-refractivity contribution in [2.45, 2.75) is 70.3 Å². The molecule has 0 bridgehead atoms. The van der Waals surface area contributed by atoms with Crippen LogP contribution < -0.4 is 5.32 Å². The van der Waals surface area contributed by atoms with Gasteiger partial charge in [0.05, 0.1) is 5.92 Å². The van der Waals surface area contributed by atoms with E-state index < -0.39 is 5.97 Å². The van der Waals surface area contributed by atoms with Crippen LogP contribution in [0.5, 0.6) is 0 Å². The number of carboxylic acids is 1. The molecule has 0 saturated heterocycles. The van der Waals surface area contributed by atoms with Gasteiger partial charge in [-0.2, -0.15) is 0 Å². The van der Waals surface area contributed by atoms with Gasteiger partial charge in [0, 0.05) is 12.0 Å². The summed E-state index contributed by atoms with van der Waals surface area (Å²) in [6.45, 7) is 0. The van der Waals surface area contributed by atoms with Crippen LogP contribution in [0.3, 0.4) is 0 Å². The van der Waals surface area contributed by atoms with Crippen molar-refractivity contribution in [1.82, 2.24) is 5.32 Å². The maximum Gasteiger partial charge on any atom is 0.306 e. The average molecular weight is 267 g/mol. The van der Waals surface area contributed by atoms with Gasteiger partial charge in [-0.3, -0.25) is 9.59 Å². The van der Waals surface area contributed by atoms with Gasteiger partial charge in [-0.05, 0) is 32.1 Å². The van der Waals surface area contributed by atoms with Crippen LogP contribution in [-0.2, 0) is 9.59 Å². The average Bonchev–Trinajstić information content (AvgIpc) is 2.76. The predicted octanol–water partition coefficient (Wildman–Crippen LogP) is 2.72. The molecule has 0 unspecified atom stereocenters. The van der Waals surface area contributed by atoms with E-state index in [-0.39, 0.29) is 23.8 Å². The van der Waals surface area contributed by atoms with Crippen molar-refractivity contribution in [2.75, 3.05) is 0 Å². The van der Waals surface area contributed by atoms with Crippen molar-refractivity contribution in [2.24, 2.45) is 11.8 Å². The van der Waals surface area contributed by atoms with Crippen LogP contribution in [0, 0.1) is 11.8 Å². The molecule has 2 aliphatic rings. The summed E-state index contributed by atoms with van der Waals surface area (Å²) in [6.07, 6.45) is 10.2. The Morgan fingerprint density at radius 2 is 1.47 bits per heavy atom. The molecule has 0 aromatic carbocycles. The summed E-state index contributed by atoms with van der Waals surface area (Å²) in [7, 11) is 0. The minimum atomic E-state index is -0.720. The van der Waals surface area contributed by atoms with E-state index in [4.69, 9.17) is 5.11 Å². The van der Waals surface area contributed by atoms with Crippen molar-refractivity contribution < 1.29 is 14.7 Å². The number of hydrogen-bond donors (Lipinski definition) is 2. The molecule has 0 aliphatic heterocycles. The summed E-state index contributed by atoms with van der Waals surface area (Å²) in [5.74, 6) is -0.660. The summed E-state index contributed by atoms with van der Waals surface area (Å²) >= 11 is 0. The molecular weight excluding hydrogens is 242 g/mol. The lowest BCUT2D eigenvalue weighted by atomic mass is 9.90. The molecule has 2 fully saturated rings. The van der Waals surface area contributed by atoms with Gasteiger partial charge >= 0.3 is 5.97 Å². The molecule has 2 N–H and O–H groups in total. The first-order chi connectivity index (χ1) is 9.16. The molecule has 2 rings (SSSR count). The molecule has 4 nitrogen and oxygen atoms in total. The molecule has 2 atom stereocenters. The Morgan fingerprint density at radius 3 is 2.05 bits per heavy atom. The van der Waals surface area contributed by atoms with E-state index in [2.05, 4.69) is 5.32 Å². The van der Waals surface area contributed by atoms with Gasteiger partial charge in [0.25, 0.3) is 0 Å². The van der Waals surface area contributed by atoms with Crippen LogP contribution in [0.15, 0.2) is 0 Å². The van der Waals surface area contributed by atoms with Crippen molar-refractivity contribution in [3.63, 3.8) is 0 Å². The Balaban J connectivity index is 1.78. The number of hydrogen-bond acceptors (Lipinski definition) is 2. The highest BCUT2D eigenvalue weighted by Crippen LogP contribution is 2.27. The van der Waals surface area contributed by atoms with Crippen LogP contribution in [-0.4, -0.2) is 23.0 Å². The maximum absolute atomic E-state index is 12.2. The van der Waals surface area contributed by atoms with Gasteiger partial charge in [-0.1, -0.05) is 32.1 Å². The molecular formula is C15H25NO3. The highest BCUT2D eigenvalue weighted by molar-refractivity contribution is 5.79. The Labute approximate surface area is 115 Å². The predicted molar refractivity (Wildman–Crippen MR) is 72.7 cm³/mol. The summed E-state index contributed by atoms with van der Waals surface area (Å²) in [6, 6.07) is 0.0824. The lowest BCUT2D eigenvalue weighted by Crippen LogP contribution is -2.38. The topological polar surface area (TPSA) is 66.4 Å². The number of carbonyl (C=O) groups is 2. The van der Waals surface area contributed by atoms with E-state index >= 15 is 0 Å². The Kier molecular flexibility index (Phi) is 5.23. The molecule has 0 aromatic rings. The molecule has 2 aliphatic carbocycles. The van der Waals surface area contributed by atoms with Crippen LogP contribution >= 0.6 is 0 Å². The fraction of sp³-hybridized carbons (Fsp3) is 0.867. The number of carbonyl (C=O) groups excluding carboxylic acids is 1. The first kappa shape index (κ1) is 14.4. The van der Waals surface area contributed by atoms with Gasteiger partial charge in [0.2, 0.25) is 5.91 Å². The fourth-order valence-electron chi connectivity index (χ4n) is 3.37. The van der Waals surface area contributed by atoms with Crippen LogP contribution in [0.25, 0.3) is 0 Å². The van der Waals surface area contributed by atoms with Crippen molar-refractivity contribution in [1.29, 1.82) is 0 Å². The second-order valence-electron chi connectivity index (χ2n) is 6.10. The lowest BCUT2D eigenvalue weighted by Gasteiger charge is -2.21. The fourth-order valence-corrected chi connectivity index (χ4v) is 3.37. The monoisotopic (exact) mass is 267 g/mol. The van der Waals surface area contributed by atoms with Gasteiger partial charge in [-0.15, -0.1) is 0 Å². The van der Waals surface area contributed by atoms with E-state index in [1.54, 1.807) is 0 Å².